The van der Waals surface area contributed by atoms with Gasteiger partial charge in [0.05, 0.1) is 6.10 Å². The molecule has 2 saturated heterocycles. The smallest absolute Gasteiger partial charge is 0.276 e. The number of halogens is 1. The number of aromatic nitrogens is 1. The third-order valence-electron chi connectivity index (χ3n) is 6.21. The van der Waals surface area contributed by atoms with Crippen molar-refractivity contribution in [3.05, 3.63) is 41.8 Å². The number of rotatable bonds is 3. The summed E-state index contributed by atoms with van der Waals surface area (Å²) in [5.74, 6) is -0.115. The number of benzene rings is 1. The van der Waals surface area contributed by atoms with Gasteiger partial charge in [0, 0.05) is 63.9 Å². The fourth-order valence-electron chi connectivity index (χ4n) is 4.36. The quantitative estimate of drug-likeness (QED) is 0.796. The van der Waals surface area contributed by atoms with Crippen molar-refractivity contribution in [2.45, 2.75) is 31.9 Å². The SMILES string of the molecule is CC(=O)N1CCN([C@H]2CCN(C(=O)c3cc(-c4ccc(F)cc4)on3)CC[C@@H]2O)CC1. The van der Waals surface area contributed by atoms with Crippen LogP contribution < -0.4 is 0 Å². The molecule has 0 unspecified atom stereocenters. The van der Waals surface area contributed by atoms with E-state index >= 15 is 0 Å². The van der Waals surface area contributed by atoms with Gasteiger partial charge in [-0.15, -0.1) is 0 Å². The predicted octanol–water partition coefficient (Wildman–Crippen LogP) is 1.61. The maximum Gasteiger partial charge on any atom is 0.276 e. The van der Waals surface area contributed by atoms with Crippen LogP contribution in [0.5, 0.6) is 0 Å². The van der Waals surface area contributed by atoms with Gasteiger partial charge >= 0.3 is 0 Å². The molecule has 1 N–H and O–H groups in total. The van der Waals surface area contributed by atoms with Gasteiger partial charge in [-0.2, -0.15) is 0 Å². The molecule has 9 heteroatoms. The monoisotopic (exact) mass is 430 g/mol. The van der Waals surface area contributed by atoms with Crippen molar-refractivity contribution >= 4 is 11.8 Å². The summed E-state index contributed by atoms with van der Waals surface area (Å²) >= 11 is 0. The Balaban J connectivity index is 1.38. The number of aliphatic hydroxyl groups excluding tert-OH is 1. The van der Waals surface area contributed by atoms with E-state index in [0.29, 0.717) is 50.3 Å². The minimum Gasteiger partial charge on any atom is -0.391 e. The van der Waals surface area contributed by atoms with E-state index in [9.17, 15) is 19.1 Å². The number of carbonyl (C=O) groups is 2. The molecular formula is C22H27FN4O4. The standard InChI is InChI=1S/C22H27FN4O4/c1-15(28)25-10-12-26(13-11-25)19-6-8-27(9-7-20(19)29)22(30)18-14-21(31-24-18)16-2-4-17(23)5-3-16/h2-5,14,19-20,29H,6-13H2,1H3/t19-,20-/m0/s1. The molecule has 2 aromatic rings. The van der Waals surface area contributed by atoms with Gasteiger partial charge in [0.15, 0.2) is 11.5 Å². The van der Waals surface area contributed by atoms with E-state index in [1.54, 1.807) is 30.0 Å². The Labute approximate surface area is 180 Å². The topological polar surface area (TPSA) is 90.1 Å². The number of likely N-dealkylation sites (tertiary alicyclic amines) is 1. The first-order chi connectivity index (χ1) is 14.9. The fraction of sp³-hybridized carbons (Fsp3) is 0.500. The molecule has 3 heterocycles. The number of piperazine rings is 1. The van der Waals surface area contributed by atoms with E-state index < -0.39 is 6.10 Å². The van der Waals surface area contributed by atoms with Crippen LogP contribution >= 0.6 is 0 Å². The molecule has 2 atom stereocenters. The largest absolute Gasteiger partial charge is 0.391 e. The fourth-order valence-corrected chi connectivity index (χ4v) is 4.36. The lowest BCUT2D eigenvalue weighted by molar-refractivity contribution is -0.131. The van der Waals surface area contributed by atoms with E-state index in [1.807, 2.05) is 4.90 Å². The summed E-state index contributed by atoms with van der Waals surface area (Å²) in [6.07, 6.45) is 0.593. The summed E-state index contributed by atoms with van der Waals surface area (Å²) in [5, 5.41) is 14.6. The zero-order chi connectivity index (χ0) is 22.0. The molecule has 1 aromatic heterocycles. The summed E-state index contributed by atoms with van der Waals surface area (Å²) in [6.45, 7) is 5.28. The number of amides is 2. The Morgan fingerprint density at radius 3 is 2.39 bits per heavy atom. The molecule has 2 amide bonds. The maximum atomic E-state index is 13.1. The molecule has 0 saturated carbocycles. The molecule has 4 rings (SSSR count). The van der Waals surface area contributed by atoms with E-state index in [0.717, 1.165) is 13.1 Å². The second-order valence-electron chi connectivity index (χ2n) is 8.13. The van der Waals surface area contributed by atoms with Crippen LogP contribution in [0, 0.1) is 5.82 Å². The van der Waals surface area contributed by atoms with E-state index in [2.05, 4.69) is 10.1 Å². The van der Waals surface area contributed by atoms with Gasteiger partial charge in [-0.05, 0) is 37.1 Å². The highest BCUT2D eigenvalue weighted by Crippen LogP contribution is 2.23. The van der Waals surface area contributed by atoms with Crippen molar-refractivity contribution < 1.29 is 23.6 Å². The summed E-state index contributed by atoms with van der Waals surface area (Å²) in [7, 11) is 0. The van der Waals surface area contributed by atoms with Gasteiger partial charge in [-0.1, -0.05) is 5.16 Å². The molecule has 2 aliphatic rings. The zero-order valence-electron chi connectivity index (χ0n) is 17.5. The van der Waals surface area contributed by atoms with Gasteiger partial charge in [-0.3, -0.25) is 14.5 Å². The van der Waals surface area contributed by atoms with E-state index in [-0.39, 0.29) is 29.4 Å². The van der Waals surface area contributed by atoms with Crippen molar-refractivity contribution in [1.82, 2.24) is 19.9 Å². The molecule has 2 fully saturated rings. The van der Waals surface area contributed by atoms with E-state index in [1.165, 1.54) is 12.1 Å². The van der Waals surface area contributed by atoms with Gasteiger partial charge in [-0.25, -0.2) is 4.39 Å². The normalized spacial score (nSPS) is 22.9. The first kappa shape index (κ1) is 21.5. The first-order valence-corrected chi connectivity index (χ1v) is 10.6. The molecule has 0 radical (unpaired) electrons. The number of hydrogen-bond acceptors (Lipinski definition) is 6. The van der Waals surface area contributed by atoms with Crippen molar-refractivity contribution in [2.24, 2.45) is 0 Å². The number of aliphatic hydroxyl groups is 1. The molecule has 8 nitrogen and oxygen atoms in total. The predicted molar refractivity (Wildman–Crippen MR) is 111 cm³/mol. The lowest BCUT2D eigenvalue weighted by Gasteiger charge is -2.40. The second kappa shape index (κ2) is 9.15. The van der Waals surface area contributed by atoms with Crippen molar-refractivity contribution in [2.75, 3.05) is 39.3 Å². The van der Waals surface area contributed by atoms with Crippen LogP contribution in [0.1, 0.15) is 30.3 Å². The van der Waals surface area contributed by atoms with Crippen molar-refractivity contribution in [3.63, 3.8) is 0 Å². The van der Waals surface area contributed by atoms with Crippen molar-refractivity contribution in [1.29, 1.82) is 0 Å². The third kappa shape index (κ3) is 4.77. The molecule has 31 heavy (non-hydrogen) atoms. The van der Waals surface area contributed by atoms with Gasteiger partial charge in [0.2, 0.25) is 5.91 Å². The van der Waals surface area contributed by atoms with Crippen LogP contribution in [0.4, 0.5) is 4.39 Å². The molecule has 2 aliphatic heterocycles. The second-order valence-corrected chi connectivity index (χ2v) is 8.13. The van der Waals surface area contributed by atoms with Crippen LogP contribution in [0.25, 0.3) is 11.3 Å². The number of nitrogens with zero attached hydrogens (tertiary/aromatic N) is 4. The Morgan fingerprint density at radius 1 is 1.03 bits per heavy atom. The Bertz CT molecular complexity index is 924. The van der Waals surface area contributed by atoms with Crippen LogP contribution in [0.2, 0.25) is 0 Å². The third-order valence-corrected chi connectivity index (χ3v) is 6.21. The van der Waals surface area contributed by atoms with Crippen LogP contribution in [0.15, 0.2) is 34.9 Å². The Hall–Kier alpha value is -2.78. The summed E-state index contributed by atoms with van der Waals surface area (Å²) in [6, 6.07) is 7.32. The lowest BCUT2D eigenvalue weighted by Crippen LogP contribution is -2.54. The average molecular weight is 430 g/mol. The Kier molecular flexibility index (Phi) is 6.33. The zero-order valence-corrected chi connectivity index (χ0v) is 17.5. The highest BCUT2D eigenvalue weighted by atomic mass is 19.1. The van der Waals surface area contributed by atoms with E-state index in [4.69, 9.17) is 4.52 Å². The lowest BCUT2D eigenvalue weighted by atomic mass is 10.0. The maximum absolute atomic E-state index is 13.1. The van der Waals surface area contributed by atoms with Crippen molar-refractivity contribution in [3.8, 4) is 11.3 Å². The molecule has 0 bridgehead atoms. The summed E-state index contributed by atoms with van der Waals surface area (Å²) in [5.41, 5.74) is 0.839. The van der Waals surface area contributed by atoms with Crippen LogP contribution in [-0.4, -0.2) is 88.2 Å². The van der Waals surface area contributed by atoms with Crippen LogP contribution in [-0.2, 0) is 4.79 Å². The minimum atomic E-state index is -0.534. The molecule has 0 spiro atoms. The number of hydrogen-bond donors (Lipinski definition) is 1. The van der Waals surface area contributed by atoms with Gasteiger partial charge < -0.3 is 19.4 Å². The highest BCUT2D eigenvalue weighted by Gasteiger charge is 2.33. The van der Waals surface area contributed by atoms with Gasteiger partial charge in [0.25, 0.3) is 5.91 Å². The molecule has 1 aromatic carbocycles. The highest BCUT2D eigenvalue weighted by molar-refractivity contribution is 5.93. The summed E-state index contributed by atoms with van der Waals surface area (Å²) in [4.78, 5) is 30.2. The van der Waals surface area contributed by atoms with Gasteiger partial charge in [0.1, 0.15) is 5.82 Å². The molecule has 166 valence electrons. The minimum absolute atomic E-state index is 0.0426. The first-order valence-electron chi connectivity index (χ1n) is 10.6. The Morgan fingerprint density at radius 2 is 1.71 bits per heavy atom. The van der Waals surface area contributed by atoms with Crippen LogP contribution in [0.3, 0.4) is 0 Å². The molecule has 0 aliphatic carbocycles. The molecular weight excluding hydrogens is 403 g/mol. The summed E-state index contributed by atoms with van der Waals surface area (Å²) < 4.78 is 18.4. The number of carbonyl (C=O) groups excluding carboxylic acids is 2. The average Bonchev–Trinajstić information content (AvgIpc) is 3.18.